The molecule has 0 spiro atoms. The Bertz CT molecular complexity index is 434. The van der Waals surface area contributed by atoms with Gasteiger partial charge in [-0.05, 0) is 62.7 Å². The molecule has 1 aliphatic heterocycles. The van der Waals surface area contributed by atoms with Crippen molar-refractivity contribution in [1.82, 2.24) is 4.90 Å². The number of nitriles is 1. The number of hydrogen-bond donors (Lipinski definition) is 1. The lowest BCUT2D eigenvalue weighted by Crippen LogP contribution is -2.38. The number of carbonyl (C=O) groups is 1. The van der Waals surface area contributed by atoms with Crippen LogP contribution in [0.25, 0.3) is 0 Å². The highest BCUT2D eigenvalue weighted by molar-refractivity contribution is 5.78. The number of likely N-dealkylation sites (tertiary alicyclic amines) is 1. The lowest BCUT2D eigenvalue weighted by Gasteiger charge is -2.17. The molecule has 0 aromatic rings. The molecular formula is C19H33N3O2. The van der Waals surface area contributed by atoms with E-state index < -0.39 is 0 Å². The fourth-order valence-corrected chi connectivity index (χ4v) is 4.60. The second-order valence-corrected chi connectivity index (χ2v) is 7.64. The van der Waals surface area contributed by atoms with Gasteiger partial charge in [-0.1, -0.05) is 13.8 Å². The Morgan fingerprint density at radius 1 is 1.29 bits per heavy atom. The summed E-state index contributed by atoms with van der Waals surface area (Å²) in [5.41, 5.74) is 5.17. The Labute approximate surface area is 146 Å². The van der Waals surface area contributed by atoms with Gasteiger partial charge in [-0.15, -0.1) is 0 Å². The van der Waals surface area contributed by atoms with Gasteiger partial charge in [-0.25, -0.2) is 0 Å². The van der Waals surface area contributed by atoms with Crippen LogP contribution in [-0.2, 0) is 9.53 Å². The van der Waals surface area contributed by atoms with Crippen LogP contribution in [0.5, 0.6) is 0 Å². The minimum Gasteiger partial charge on any atom is -0.378 e. The highest BCUT2D eigenvalue weighted by atomic mass is 16.5. The standard InChI is InChI=1S/C12H22O.C7H11N3O/c1-3-4-13-12-7-10-5-9(2)6-11(10)8-12;8-4-6-2-1-3-10(6)7(11)5-9/h9-12H,3-8H2,1-2H3;6H,1-3,5,9H2/t9?,10-,11+,12?;. The van der Waals surface area contributed by atoms with Crippen LogP contribution in [0.2, 0.25) is 0 Å². The Hall–Kier alpha value is -1.12. The third-order valence-corrected chi connectivity index (χ3v) is 5.66. The summed E-state index contributed by atoms with van der Waals surface area (Å²) in [6.45, 7) is 6.27. The molecule has 1 amide bonds. The van der Waals surface area contributed by atoms with Gasteiger partial charge in [0, 0.05) is 13.2 Å². The minimum atomic E-state index is -0.231. The normalized spacial score (nSPS) is 34.4. The van der Waals surface area contributed by atoms with Crippen molar-refractivity contribution in [3.63, 3.8) is 0 Å². The van der Waals surface area contributed by atoms with Gasteiger partial charge in [0.05, 0.1) is 18.7 Å². The van der Waals surface area contributed by atoms with Crippen molar-refractivity contribution >= 4 is 5.91 Å². The van der Waals surface area contributed by atoms with Crippen LogP contribution in [0.15, 0.2) is 0 Å². The molecule has 5 heteroatoms. The van der Waals surface area contributed by atoms with Crippen molar-refractivity contribution in [3.05, 3.63) is 0 Å². The van der Waals surface area contributed by atoms with Gasteiger partial charge in [-0.3, -0.25) is 4.79 Å². The number of fused-ring (bicyclic) bond motifs is 1. The summed E-state index contributed by atoms with van der Waals surface area (Å²) in [7, 11) is 0. The van der Waals surface area contributed by atoms with E-state index in [0.29, 0.717) is 12.6 Å². The Balaban J connectivity index is 0.000000177. The van der Waals surface area contributed by atoms with Gasteiger partial charge < -0.3 is 15.4 Å². The molecule has 1 heterocycles. The Morgan fingerprint density at radius 3 is 2.50 bits per heavy atom. The molecule has 3 rings (SSSR count). The predicted molar refractivity (Wildman–Crippen MR) is 94.0 cm³/mol. The summed E-state index contributed by atoms with van der Waals surface area (Å²) in [6.07, 6.45) is 9.15. The van der Waals surface area contributed by atoms with Gasteiger partial charge in [0.15, 0.2) is 0 Å². The number of rotatable bonds is 4. The molecule has 136 valence electrons. The molecule has 2 saturated carbocycles. The summed E-state index contributed by atoms with van der Waals surface area (Å²) >= 11 is 0. The first-order valence-corrected chi connectivity index (χ1v) is 9.59. The van der Waals surface area contributed by atoms with Gasteiger partial charge in [0.1, 0.15) is 6.04 Å². The van der Waals surface area contributed by atoms with Crippen molar-refractivity contribution in [3.8, 4) is 6.07 Å². The van der Waals surface area contributed by atoms with E-state index in [2.05, 4.69) is 19.9 Å². The summed E-state index contributed by atoms with van der Waals surface area (Å²) in [5.74, 6) is 2.89. The molecule has 5 atom stereocenters. The smallest absolute Gasteiger partial charge is 0.237 e. The van der Waals surface area contributed by atoms with E-state index in [1.807, 2.05) is 0 Å². The summed E-state index contributed by atoms with van der Waals surface area (Å²) in [4.78, 5) is 12.6. The maximum Gasteiger partial charge on any atom is 0.237 e. The number of carbonyl (C=O) groups excluding carboxylic acids is 1. The molecule has 2 aliphatic carbocycles. The second-order valence-electron chi connectivity index (χ2n) is 7.64. The Kier molecular flexibility index (Phi) is 7.51. The van der Waals surface area contributed by atoms with Gasteiger partial charge in [0.25, 0.3) is 0 Å². The van der Waals surface area contributed by atoms with Crippen molar-refractivity contribution in [2.45, 2.75) is 70.9 Å². The Morgan fingerprint density at radius 2 is 1.96 bits per heavy atom. The molecule has 0 aromatic heterocycles. The molecule has 24 heavy (non-hydrogen) atoms. The zero-order chi connectivity index (χ0) is 17.5. The molecular weight excluding hydrogens is 302 g/mol. The molecule has 3 fully saturated rings. The van der Waals surface area contributed by atoms with Crippen LogP contribution in [0.1, 0.15) is 58.8 Å². The second kappa shape index (κ2) is 9.39. The van der Waals surface area contributed by atoms with Gasteiger partial charge >= 0.3 is 0 Å². The molecule has 0 radical (unpaired) electrons. The van der Waals surface area contributed by atoms with E-state index in [4.69, 9.17) is 15.7 Å². The zero-order valence-corrected chi connectivity index (χ0v) is 15.2. The molecule has 3 aliphatic rings. The third kappa shape index (κ3) is 4.94. The third-order valence-electron chi connectivity index (χ3n) is 5.66. The molecule has 0 aromatic carbocycles. The average Bonchev–Trinajstić information content (AvgIpc) is 3.26. The number of nitrogens with two attached hydrogens (primary N) is 1. The van der Waals surface area contributed by atoms with Crippen molar-refractivity contribution in [1.29, 1.82) is 5.26 Å². The summed E-state index contributed by atoms with van der Waals surface area (Å²) < 4.78 is 5.82. The van der Waals surface area contributed by atoms with Crippen LogP contribution in [0, 0.1) is 29.1 Å². The first kappa shape index (κ1) is 19.2. The minimum absolute atomic E-state index is 0.0121. The van der Waals surface area contributed by atoms with E-state index in [9.17, 15) is 4.79 Å². The topological polar surface area (TPSA) is 79.3 Å². The van der Waals surface area contributed by atoms with Crippen LogP contribution in [-0.4, -0.2) is 42.6 Å². The maximum absolute atomic E-state index is 11.0. The van der Waals surface area contributed by atoms with Gasteiger partial charge in [-0.2, -0.15) is 5.26 Å². The van der Waals surface area contributed by atoms with Crippen LogP contribution < -0.4 is 5.73 Å². The van der Waals surface area contributed by atoms with Crippen LogP contribution in [0.3, 0.4) is 0 Å². The number of ether oxygens (including phenoxy) is 1. The fraction of sp³-hybridized carbons (Fsp3) is 0.895. The quantitative estimate of drug-likeness (QED) is 0.856. The van der Waals surface area contributed by atoms with E-state index in [1.165, 1.54) is 32.1 Å². The number of nitrogens with zero attached hydrogens (tertiary/aromatic N) is 2. The van der Waals surface area contributed by atoms with E-state index in [-0.39, 0.29) is 18.5 Å². The van der Waals surface area contributed by atoms with E-state index in [0.717, 1.165) is 37.2 Å². The largest absolute Gasteiger partial charge is 0.378 e. The van der Waals surface area contributed by atoms with Crippen LogP contribution in [0.4, 0.5) is 0 Å². The predicted octanol–water partition coefficient (Wildman–Crippen LogP) is 2.70. The van der Waals surface area contributed by atoms with Crippen molar-refractivity contribution in [2.75, 3.05) is 19.7 Å². The monoisotopic (exact) mass is 335 g/mol. The lowest BCUT2D eigenvalue weighted by atomic mass is 10.0. The first-order chi connectivity index (χ1) is 11.6. The molecule has 1 saturated heterocycles. The summed E-state index contributed by atoms with van der Waals surface area (Å²) in [5, 5.41) is 8.60. The van der Waals surface area contributed by atoms with Crippen molar-refractivity contribution in [2.24, 2.45) is 23.5 Å². The summed E-state index contributed by atoms with van der Waals surface area (Å²) in [6, 6.07) is 1.85. The highest BCUT2D eigenvalue weighted by Crippen LogP contribution is 2.47. The van der Waals surface area contributed by atoms with Crippen LogP contribution >= 0.6 is 0 Å². The zero-order valence-electron chi connectivity index (χ0n) is 15.2. The molecule has 5 nitrogen and oxygen atoms in total. The maximum atomic E-state index is 11.0. The SMILES string of the molecule is CCCOC1C[C@H]2CC(C)C[C@H]2C1.N#CC1CCCN1C(=O)CN. The average molecular weight is 335 g/mol. The lowest BCUT2D eigenvalue weighted by molar-refractivity contribution is -0.129. The van der Waals surface area contributed by atoms with E-state index in [1.54, 1.807) is 4.90 Å². The van der Waals surface area contributed by atoms with Gasteiger partial charge in [0.2, 0.25) is 5.91 Å². The fourth-order valence-electron chi connectivity index (χ4n) is 4.60. The van der Waals surface area contributed by atoms with Crippen molar-refractivity contribution < 1.29 is 9.53 Å². The number of amides is 1. The first-order valence-electron chi connectivity index (χ1n) is 9.59. The molecule has 2 N–H and O–H groups in total. The molecule has 3 unspecified atom stereocenters. The molecule has 0 bridgehead atoms. The highest BCUT2D eigenvalue weighted by Gasteiger charge is 2.40. The van der Waals surface area contributed by atoms with E-state index >= 15 is 0 Å². The number of hydrogen-bond acceptors (Lipinski definition) is 4.